The first-order chi connectivity index (χ1) is 15.0. The Labute approximate surface area is 188 Å². The quantitative estimate of drug-likeness (QED) is 0.120. The van der Waals surface area contributed by atoms with Crippen LogP contribution in [0.15, 0.2) is 0 Å². The van der Waals surface area contributed by atoms with Crippen molar-refractivity contribution in [3.63, 3.8) is 0 Å². The predicted octanol–water partition coefficient (Wildman–Crippen LogP) is 3.23. The van der Waals surface area contributed by atoms with E-state index in [2.05, 4.69) is 0 Å². The minimum Gasteiger partial charge on any atom is -0.461 e. The third-order valence-corrected chi connectivity index (χ3v) is 5.63. The van der Waals surface area contributed by atoms with Gasteiger partial charge in [-0.2, -0.15) is 0 Å². The monoisotopic (exact) mass is 448 g/mol. The second-order valence-corrected chi connectivity index (χ2v) is 8.70. The van der Waals surface area contributed by atoms with E-state index in [0.29, 0.717) is 12.8 Å². The Morgan fingerprint density at radius 2 is 0.903 bits per heavy atom. The lowest BCUT2D eigenvalue weighted by molar-refractivity contribution is -0.157. The van der Waals surface area contributed by atoms with Crippen molar-refractivity contribution >= 4 is 5.97 Å². The van der Waals surface area contributed by atoms with Gasteiger partial charge in [0, 0.05) is 0 Å². The van der Waals surface area contributed by atoms with E-state index >= 15 is 0 Å². The number of esters is 1. The number of rotatable bonds is 23. The number of ether oxygens (including phenoxy) is 1. The van der Waals surface area contributed by atoms with Gasteiger partial charge in [0.25, 0.3) is 0 Å². The summed E-state index contributed by atoms with van der Waals surface area (Å²) in [6.07, 6.45) is 16.1. The van der Waals surface area contributed by atoms with Crippen molar-refractivity contribution in [3.8, 4) is 0 Å². The molecule has 3 atom stereocenters. The topological polar surface area (TPSA) is 127 Å². The second kappa shape index (κ2) is 22.5. The maximum atomic E-state index is 11.5. The lowest BCUT2D eigenvalue weighted by Crippen LogP contribution is -2.28. The molecule has 0 bridgehead atoms. The van der Waals surface area contributed by atoms with Crippen molar-refractivity contribution < 1.29 is 35.1 Å². The highest BCUT2D eigenvalue weighted by Crippen LogP contribution is 2.15. The molecule has 0 aromatic carbocycles. The van der Waals surface area contributed by atoms with Gasteiger partial charge in [-0.15, -0.1) is 0 Å². The van der Waals surface area contributed by atoms with E-state index in [9.17, 15) is 15.0 Å². The second-order valence-electron chi connectivity index (χ2n) is 8.70. The van der Waals surface area contributed by atoms with E-state index in [1.807, 2.05) is 0 Å². The summed E-state index contributed by atoms with van der Waals surface area (Å²) in [4.78, 5) is 11.5. The van der Waals surface area contributed by atoms with Crippen LogP contribution in [0.25, 0.3) is 0 Å². The molecule has 0 fully saturated rings. The van der Waals surface area contributed by atoms with Crippen LogP contribution in [-0.2, 0) is 9.53 Å². The summed E-state index contributed by atoms with van der Waals surface area (Å²) in [5.74, 6) is -0.731. The molecule has 3 unspecified atom stereocenters. The Kier molecular flexibility index (Phi) is 21.9. The molecule has 0 aromatic rings. The first-order valence-corrected chi connectivity index (χ1v) is 12.4. The molecule has 7 heteroatoms. The average molecular weight is 449 g/mol. The summed E-state index contributed by atoms with van der Waals surface area (Å²) in [5, 5.41) is 45.5. The minimum atomic E-state index is -1.15. The Balaban J connectivity index is 3.25. The van der Waals surface area contributed by atoms with E-state index in [4.69, 9.17) is 20.1 Å². The first-order valence-electron chi connectivity index (χ1n) is 12.4. The summed E-state index contributed by atoms with van der Waals surface area (Å²) >= 11 is 0. The molecule has 0 heterocycles. The van der Waals surface area contributed by atoms with E-state index in [-0.39, 0.29) is 13.2 Å². The van der Waals surface area contributed by atoms with Gasteiger partial charge in [0.05, 0.1) is 19.3 Å². The summed E-state index contributed by atoms with van der Waals surface area (Å²) in [6, 6.07) is 0. The van der Waals surface area contributed by atoms with Crippen LogP contribution < -0.4 is 0 Å². The number of aliphatic hydroxyl groups excluding tert-OH is 5. The zero-order chi connectivity index (χ0) is 23.2. The molecule has 0 aliphatic carbocycles. The number of unbranched alkanes of at least 4 members (excludes halogenated alkanes) is 14. The van der Waals surface area contributed by atoms with Crippen molar-refractivity contribution in [2.75, 3.05) is 19.8 Å². The molecule has 7 nitrogen and oxygen atoms in total. The van der Waals surface area contributed by atoms with Crippen LogP contribution in [0.1, 0.15) is 109 Å². The average Bonchev–Trinajstić information content (AvgIpc) is 2.78. The van der Waals surface area contributed by atoms with Gasteiger partial charge in [-0.05, 0) is 12.8 Å². The predicted molar refractivity (Wildman–Crippen MR) is 122 cm³/mol. The fraction of sp³-hybridized carbons (Fsp3) is 0.958. The van der Waals surface area contributed by atoms with Crippen LogP contribution >= 0.6 is 0 Å². The van der Waals surface area contributed by atoms with Gasteiger partial charge in [-0.3, -0.25) is 0 Å². The molecule has 5 N–H and O–H groups in total. The summed E-state index contributed by atoms with van der Waals surface area (Å²) in [5.41, 5.74) is 0. The van der Waals surface area contributed by atoms with Gasteiger partial charge in [0.1, 0.15) is 12.7 Å². The largest absolute Gasteiger partial charge is 0.461 e. The highest BCUT2D eigenvalue weighted by Gasteiger charge is 2.17. The zero-order valence-electron chi connectivity index (χ0n) is 19.4. The third kappa shape index (κ3) is 20.9. The lowest BCUT2D eigenvalue weighted by atomic mass is 10.0. The Morgan fingerprint density at radius 1 is 0.548 bits per heavy atom. The lowest BCUT2D eigenvalue weighted by Gasteiger charge is -2.12. The number of carbonyl (C=O) groups excluding carboxylic acids is 1. The Bertz CT molecular complexity index is 392. The molecule has 186 valence electrons. The number of carbonyl (C=O) groups is 1. The molecule has 0 saturated heterocycles. The molecule has 0 saturated carbocycles. The molecule has 0 radical (unpaired) electrons. The number of hydrogen-bond donors (Lipinski definition) is 5. The van der Waals surface area contributed by atoms with E-state index in [0.717, 1.165) is 32.1 Å². The van der Waals surface area contributed by atoms with Crippen molar-refractivity contribution in [1.82, 2.24) is 0 Å². The Morgan fingerprint density at radius 3 is 1.29 bits per heavy atom. The fourth-order valence-corrected chi connectivity index (χ4v) is 3.55. The SMILES string of the molecule is O=C(OCC(O)CO)C(O)CCCCCCCCCCCCCCCCCC(O)CO. The molecule has 0 aromatic heterocycles. The van der Waals surface area contributed by atoms with Crippen LogP contribution in [-0.4, -0.2) is 69.6 Å². The maximum absolute atomic E-state index is 11.5. The number of hydrogen-bond acceptors (Lipinski definition) is 7. The first kappa shape index (κ1) is 30.3. The summed E-state index contributed by atoms with van der Waals surface area (Å²) < 4.78 is 4.73. The molecular formula is C24H48O7. The van der Waals surface area contributed by atoms with Crippen molar-refractivity contribution in [2.45, 2.75) is 127 Å². The van der Waals surface area contributed by atoms with Gasteiger partial charge in [0.2, 0.25) is 0 Å². The highest BCUT2D eigenvalue weighted by atomic mass is 16.6. The van der Waals surface area contributed by atoms with Crippen LogP contribution in [0.4, 0.5) is 0 Å². The van der Waals surface area contributed by atoms with Gasteiger partial charge in [0.15, 0.2) is 6.10 Å². The normalized spacial score (nSPS) is 14.4. The fourth-order valence-electron chi connectivity index (χ4n) is 3.55. The van der Waals surface area contributed by atoms with E-state index < -0.39 is 30.9 Å². The summed E-state index contributed by atoms with van der Waals surface area (Å²) in [6.45, 7) is -0.879. The summed E-state index contributed by atoms with van der Waals surface area (Å²) in [7, 11) is 0. The van der Waals surface area contributed by atoms with Crippen molar-refractivity contribution in [1.29, 1.82) is 0 Å². The standard InChI is InChI=1S/C24H48O7/c25-18-21(27)16-14-12-10-8-6-4-2-1-3-5-7-9-11-13-15-17-23(29)24(30)31-20-22(28)19-26/h21-23,25-29H,1-20H2. The molecule has 0 rings (SSSR count). The van der Waals surface area contributed by atoms with E-state index in [1.165, 1.54) is 64.2 Å². The van der Waals surface area contributed by atoms with Crippen LogP contribution in [0.5, 0.6) is 0 Å². The molecular weight excluding hydrogens is 400 g/mol. The van der Waals surface area contributed by atoms with Crippen LogP contribution in [0.2, 0.25) is 0 Å². The van der Waals surface area contributed by atoms with Crippen molar-refractivity contribution in [3.05, 3.63) is 0 Å². The van der Waals surface area contributed by atoms with Crippen LogP contribution in [0.3, 0.4) is 0 Å². The molecule has 0 aliphatic rings. The zero-order valence-corrected chi connectivity index (χ0v) is 19.4. The number of aliphatic hydroxyl groups is 5. The smallest absolute Gasteiger partial charge is 0.335 e. The minimum absolute atomic E-state index is 0.123. The van der Waals surface area contributed by atoms with Gasteiger partial charge < -0.3 is 30.3 Å². The van der Waals surface area contributed by atoms with Crippen molar-refractivity contribution in [2.24, 2.45) is 0 Å². The van der Waals surface area contributed by atoms with Gasteiger partial charge >= 0.3 is 5.97 Å². The van der Waals surface area contributed by atoms with E-state index in [1.54, 1.807) is 0 Å². The van der Waals surface area contributed by atoms with Gasteiger partial charge in [-0.25, -0.2) is 4.79 Å². The highest BCUT2D eigenvalue weighted by molar-refractivity contribution is 5.74. The maximum Gasteiger partial charge on any atom is 0.335 e. The third-order valence-electron chi connectivity index (χ3n) is 5.63. The van der Waals surface area contributed by atoms with Gasteiger partial charge in [-0.1, -0.05) is 96.3 Å². The molecule has 0 aliphatic heterocycles. The molecule has 0 spiro atoms. The molecule has 0 amide bonds. The van der Waals surface area contributed by atoms with Crippen LogP contribution in [0, 0.1) is 0 Å². The molecule has 31 heavy (non-hydrogen) atoms. The Hall–Kier alpha value is -0.730.